The van der Waals surface area contributed by atoms with Gasteiger partial charge in [-0.3, -0.25) is 0 Å². The number of hydrogen-bond acceptors (Lipinski definition) is 3. The first-order valence-electron chi connectivity index (χ1n) is 11.2. The topological polar surface area (TPSA) is 34.1 Å². The first-order valence-corrected chi connectivity index (χ1v) is 11.2. The second kappa shape index (κ2) is 10.9. The zero-order valence-corrected chi connectivity index (χ0v) is 18.5. The van der Waals surface area contributed by atoms with E-state index < -0.39 is 0 Å². The van der Waals surface area contributed by atoms with Gasteiger partial charge in [-0.1, -0.05) is 12.5 Å². The Morgan fingerprint density at radius 2 is 2.00 bits per heavy atom. The summed E-state index contributed by atoms with van der Waals surface area (Å²) < 4.78 is 14.0. The zero-order valence-electron chi connectivity index (χ0n) is 18.5. The summed E-state index contributed by atoms with van der Waals surface area (Å²) in [5.74, 6) is 1.58. The molecular weight excluding hydrogens is 365 g/mol. The Labute approximate surface area is 176 Å². The average molecular weight is 404 g/mol. The predicted molar refractivity (Wildman–Crippen MR) is 119 cm³/mol. The van der Waals surface area contributed by atoms with Gasteiger partial charge in [0.05, 0.1) is 6.54 Å². The second-order valence-corrected chi connectivity index (χ2v) is 8.80. The van der Waals surface area contributed by atoms with Crippen LogP contribution in [0, 0.1) is 11.7 Å². The third kappa shape index (κ3) is 6.68. The minimum absolute atomic E-state index is 0.140. The minimum Gasteiger partial charge on any atom is -0.357 e. The van der Waals surface area contributed by atoms with Gasteiger partial charge in [0.25, 0.3) is 0 Å². The Morgan fingerprint density at radius 1 is 1.21 bits per heavy atom. The van der Waals surface area contributed by atoms with Gasteiger partial charge in [-0.05, 0) is 77.0 Å². The highest BCUT2D eigenvalue weighted by Crippen LogP contribution is 2.20. The Balaban J connectivity index is 1.60. The van der Waals surface area contributed by atoms with Crippen LogP contribution in [0.2, 0.25) is 0 Å². The van der Waals surface area contributed by atoms with Crippen LogP contribution in [0.15, 0.2) is 23.2 Å². The quantitative estimate of drug-likeness (QED) is 0.560. The van der Waals surface area contributed by atoms with Crippen molar-refractivity contribution >= 4 is 5.96 Å². The van der Waals surface area contributed by atoms with E-state index in [0.717, 1.165) is 42.6 Å². The lowest BCUT2D eigenvalue weighted by atomic mass is 10.1. The van der Waals surface area contributed by atoms with Crippen molar-refractivity contribution in [2.75, 3.05) is 53.4 Å². The molecule has 1 unspecified atom stereocenters. The Hall–Kier alpha value is -1.66. The molecule has 1 atom stereocenters. The first-order chi connectivity index (χ1) is 14.0. The van der Waals surface area contributed by atoms with Crippen LogP contribution in [-0.4, -0.2) is 74.0 Å². The fraction of sp³-hybridized carbons (Fsp3) is 0.696. The third-order valence-electron chi connectivity index (χ3n) is 5.89. The molecule has 0 amide bonds. The number of halogens is 1. The number of nitrogens with zero attached hydrogens (tertiary/aromatic N) is 4. The molecule has 2 aliphatic heterocycles. The highest BCUT2D eigenvalue weighted by atomic mass is 19.1. The number of hydrogen-bond donors (Lipinski definition) is 1. The summed E-state index contributed by atoms with van der Waals surface area (Å²) in [4.78, 5) is 11.9. The smallest absolute Gasteiger partial charge is 0.194 e. The number of rotatable bonds is 7. The molecule has 2 saturated heterocycles. The predicted octanol–water partition coefficient (Wildman–Crippen LogP) is 3.16. The molecule has 29 heavy (non-hydrogen) atoms. The van der Waals surface area contributed by atoms with Crippen molar-refractivity contribution in [1.82, 2.24) is 20.0 Å². The first kappa shape index (κ1) is 22.0. The number of nitrogens with one attached hydrogen (secondary N) is 1. The molecule has 0 saturated carbocycles. The standard InChI is InChI=1S/C23H38FN5/c1-4-25-23(26-15-19-8-9-22(24)21(14-19)18-27(2)3)29-13-10-20(17-29)16-28-11-6-5-7-12-28/h8-9,14,20H,4-7,10-13,15-18H2,1-3H3,(H,25,26). The van der Waals surface area contributed by atoms with Gasteiger partial charge in [0, 0.05) is 38.3 Å². The van der Waals surface area contributed by atoms with Crippen LogP contribution in [0.3, 0.4) is 0 Å². The molecule has 2 heterocycles. The van der Waals surface area contributed by atoms with Gasteiger partial charge in [0.15, 0.2) is 5.96 Å². The summed E-state index contributed by atoms with van der Waals surface area (Å²) in [6, 6.07) is 5.37. The van der Waals surface area contributed by atoms with Crippen molar-refractivity contribution < 1.29 is 4.39 Å². The Morgan fingerprint density at radius 3 is 2.72 bits per heavy atom. The summed E-state index contributed by atoms with van der Waals surface area (Å²) in [5.41, 5.74) is 1.79. The lowest BCUT2D eigenvalue weighted by molar-refractivity contribution is 0.198. The van der Waals surface area contributed by atoms with Gasteiger partial charge in [-0.25, -0.2) is 9.38 Å². The van der Waals surface area contributed by atoms with E-state index in [1.54, 1.807) is 6.07 Å². The van der Waals surface area contributed by atoms with Crippen LogP contribution in [0.1, 0.15) is 43.7 Å². The number of piperidine rings is 1. The number of guanidine groups is 1. The molecule has 1 aromatic carbocycles. The summed E-state index contributed by atoms with van der Waals surface area (Å²) in [7, 11) is 3.92. The molecule has 1 aromatic rings. The van der Waals surface area contributed by atoms with Crippen LogP contribution in [0.5, 0.6) is 0 Å². The maximum Gasteiger partial charge on any atom is 0.194 e. The van der Waals surface area contributed by atoms with E-state index in [1.807, 2.05) is 31.1 Å². The van der Waals surface area contributed by atoms with Crippen molar-refractivity contribution in [2.45, 2.75) is 45.7 Å². The summed E-state index contributed by atoms with van der Waals surface area (Å²) >= 11 is 0. The Bertz CT molecular complexity index is 669. The maximum atomic E-state index is 14.0. The summed E-state index contributed by atoms with van der Waals surface area (Å²) in [6.07, 6.45) is 5.34. The molecule has 162 valence electrons. The molecule has 5 nitrogen and oxygen atoms in total. The highest BCUT2D eigenvalue weighted by Gasteiger charge is 2.27. The van der Waals surface area contributed by atoms with Gasteiger partial charge in [0.1, 0.15) is 5.82 Å². The molecule has 1 N–H and O–H groups in total. The van der Waals surface area contributed by atoms with Crippen molar-refractivity contribution in [1.29, 1.82) is 0 Å². The number of likely N-dealkylation sites (tertiary alicyclic amines) is 2. The number of aliphatic imine (C=N–C) groups is 1. The minimum atomic E-state index is -0.140. The molecule has 0 bridgehead atoms. The fourth-order valence-corrected chi connectivity index (χ4v) is 4.46. The van der Waals surface area contributed by atoms with Crippen LogP contribution in [0.4, 0.5) is 4.39 Å². The SMILES string of the molecule is CCNC(=NCc1ccc(F)c(CN(C)C)c1)N1CCC(CN2CCCCC2)C1. The lowest BCUT2D eigenvalue weighted by Gasteiger charge is -2.29. The van der Waals surface area contributed by atoms with Crippen molar-refractivity contribution in [3.8, 4) is 0 Å². The molecular formula is C23H38FN5. The van der Waals surface area contributed by atoms with Crippen LogP contribution in [0.25, 0.3) is 0 Å². The molecule has 0 spiro atoms. The Kier molecular flexibility index (Phi) is 8.30. The van der Waals surface area contributed by atoms with Crippen molar-refractivity contribution in [3.63, 3.8) is 0 Å². The van der Waals surface area contributed by atoms with E-state index in [9.17, 15) is 4.39 Å². The number of benzene rings is 1. The summed E-state index contributed by atoms with van der Waals surface area (Å²) in [6.45, 7) is 10.1. The van der Waals surface area contributed by atoms with E-state index in [1.165, 1.54) is 45.3 Å². The largest absolute Gasteiger partial charge is 0.357 e. The van der Waals surface area contributed by atoms with Crippen LogP contribution < -0.4 is 5.32 Å². The third-order valence-corrected chi connectivity index (χ3v) is 5.89. The fourth-order valence-electron chi connectivity index (χ4n) is 4.46. The molecule has 0 aliphatic carbocycles. The zero-order chi connectivity index (χ0) is 20.6. The normalized spacial score (nSPS) is 21.2. The van der Waals surface area contributed by atoms with Crippen molar-refractivity contribution in [2.24, 2.45) is 10.9 Å². The molecule has 0 radical (unpaired) electrons. The van der Waals surface area contributed by atoms with Crippen LogP contribution in [-0.2, 0) is 13.1 Å². The van der Waals surface area contributed by atoms with Gasteiger partial charge in [-0.2, -0.15) is 0 Å². The second-order valence-electron chi connectivity index (χ2n) is 8.80. The molecule has 2 fully saturated rings. The van der Waals surface area contributed by atoms with Gasteiger partial charge >= 0.3 is 0 Å². The van der Waals surface area contributed by atoms with Crippen LogP contribution >= 0.6 is 0 Å². The van der Waals surface area contributed by atoms with E-state index in [-0.39, 0.29) is 5.82 Å². The van der Waals surface area contributed by atoms with Gasteiger partial charge in [0.2, 0.25) is 0 Å². The molecule has 2 aliphatic rings. The van der Waals surface area contributed by atoms with Crippen molar-refractivity contribution in [3.05, 3.63) is 35.1 Å². The van der Waals surface area contributed by atoms with Gasteiger partial charge in [-0.15, -0.1) is 0 Å². The average Bonchev–Trinajstić information content (AvgIpc) is 3.16. The maximum absolute atomic E-state index is 14.0. The van der Waals surface area contributed by atoms with E-state index in [4.69, 9.17) is 4.99 Å². The van der Waals surface area contributed by atoms with E-state index in [2.05, 4.69) is 22.0 Å². The van der Waals surface area contributed by atoms with E-state index in [0.29, 0.717) is 13.1 Å². The molecule has 3 rings (SSSR count). The summed E-state index contributed by atoms with van der Waals surface area (Å²) in [5, 5.41) is 3.46. The monoisotopic (exact) mass is 403 g/mol. The van der Waals surface area contributed by atoms with E-state index >= 15 is 0 Å². The lowest BCUT2D eigenvalue weighted by Crippen LogP contribution is -2.41. The molecule has 0 aromatic heterocycles. The van der Waals surface area contributed by atoms with Gasteiger partial charge < -0.3 is 20.0 Å². The highest BCUT2D eigenvalue weighted by molar-refractivity contribution is 5.80. The molecule has 6 heteroatoms.